The Morgan fingerprint density at radius 3 is 2.63 bits per heavy atom. The van der Waals surface area contributed by atoms with Gasteiger partial charge in [0.1, 0.15) is 28.9 Å². The van der Waals surface area contributed by atoms with Gasteiger partial charge >= 0.3 is 0 Å². The number of amides is 2. The molecule has 9 nitrogen and oxygen atoms in total. The maximum Gasteiger partial charge on any atom is 0.248 e. The Bertz CT molecular complexity index is 1420. The fourth-order valence-electron chi connectivity index (χ4n) is 5.22. The van der Waals surface area contributed by atoms with Gasteiger partial charge in [-0.15, -0.1) is 0 Å². The van der Waals surface area contributed by atoms with E-state index in [-0.39, 0.29) is 17.3 Å². The van der Waals surface area contributed by atoms with Crippen LogP contribution in [0.4, 0.5) is 10.2 Å². The second-order valence-corrected chi connectivity index (χ2v) is 10.6. The molecule has 0 aliphatic carbocycles. The molecule has 6 rings (SSSR count). The number of benzene rings is 2. The average molecular weight is 562 g/mol. The Morgan fingerprint density at radius 2 is 1.90 bits per heavy atom. The molecular formula is C31H36FN5O4. The van der Waals surface area contributed by atoms with Crippen LogP contribution in [0, 0.1) is 5.82 Å². The molecule has 2 amide bonds. The highest BCUT2D eigenvalue weighted by Crippen LogP contribution is 2.38. The summed E-state index contributed by atoms with van der Waals surface area (Å²) in [4.78, 5) is 31.2. The Kier molecular flexibility index (Phi) is 8.80. The third-order valence-electron chi connectivity index (χ3n) is 7.75. The highest BCUT2D eigenvalue weighted by molar-refractivity contribution is 5.93. The summed E-state index contributed by atoms with van der Waals surface area (Å²) in [6, 6.07) is 12.2. The standard InChI is InChI=1S/C17H16N2O3.C14H20FN3O/c1-10-9-21-14-4-2-11(8-13(10)14)22-15-6-7-18-17-12(15)3-5-16(20)19-17;1-2-17-5-7-18(8-6-17)10-12-4-3-11(14(16)19)9-13(12)15/h2,4,6-8,10H,3,5,9H2,1H3,(H,18,19,20);3-4,9H,2,5-8,10H2,1H3,(H2,16,19). The minimum atomic E-state index is -0.595. The summed E-state index contributed by atoms with van der Waals surface area (Å²) < 4.78 is 25.5. The summed E-state index contributed by atoms with van der Waals surface area (Å²) in [5.74, 6) is 2.49. The van der Waals surface area contributed by atoms with Crippen LogP contribution in [0.25, 0.3) is 0 Å². The molecule has 0 saturated carbocycles. The van der Waals surface area contributed by atoms with Gasteiger partial charge in [-0.05, 0) is 49.4 Å². The van der Waals surface area contributed by atoms with Gasteiger partial charge in [0.25, 0.3) is 0 Å². The van der Waals surface area contributed by atoms with Crippen LogP contribution in [0.2, 0.25) is 0 Å². The van der Waals surface area contributed by atoms with Crippen molar-refractivity contribution in [3.05, 3.63) is 76.7 Å². The minimum Gasteiger partial charge on any atom is -0.493 e. The fourth-order valence-corrected chi connectivity index (χ4v) is 5.22. The van der Waals surface area contributed by atoms with E-state index in [1.165, 1.54) is 11.6 Å². The summed E-state index contributed by atoms with van der Waals surface area (Å²) in [5, 5.41) is 2.78. The van der Waals surface area contributed by atoms with E-state index < -0.39 is 5.91 Å². The highest BCUT2D eigenvalue weighted by atomic mass is 19.1. The monoisotopic (exact) mass is 561 g/mol. The molecular weight excluding hydrogens is 525 g/mol. The number of nitrogens with two attached hydrogens (primary N) is 1. The number of aromatic nitrogens is 1. The Labute approximate surface area is 239 Å². The first-order chi connectivity index (χ1) is 19.8. The summed E-state index contributed by atoms with van der Waals surface area (Å²) >= 11 is 0. The van der Waals surface area contributed by atoms with Gasteiger partial charge in [-0.1, -0.05) is 19.9 Å². The molecule has 3 N–H and O–H groups in total. The number of piperazine rings is 1. The van der Waals surface area contributed by atoms with Crippen LogP contribution in [0.5, 0.6) is 17.2 Å². The van der Waals surface area contributed by atoms with E-state index in [0.29, 0.717) is 36.7 Å². The third-order valence-corrected chi connectivity index (χ3v) is 7.75. The molecule has 1 aromatic heterocycles. The molecule has 0 spiro atoms. The number of fused-ring (bicyclic) bond motifs is 2. The van der Waals surface area contributed by atoms with Crippen LogP contribution in [0.15, 0.2) is 48.7 Å². The molecule has 1 unspecified atom stereocenters. The van der Waals surface area contributed by atoms with E-state index >= 15 is 0 Å². The second-order valence-electron chi connectivity index (χ2n) is 10.6. The number of ether oxygens (including phenoxy) is 2. The summed E-state index contributed by atoms with van der Waals surface area (Å²) in [6.07, 6.45) is 2.76. The van der Waals surface area contributed by atoms with Crippen LogP contribution in [0.1, 0.15) is 53.2 Å². The van der Waals surface area contributed by atoms with Crippen LogP contribution in [-0.4, -0.2) is 65.9 Å². The highest BCUT2D eigenvalue weighted by Gasteiger charge is 2.23. The van der Waals surface area contributed by atoms with E-state index in [1.54, 1.807) is 18.3 Å². The van der Waals surface area contributed by atoms with Gasteiger partial charge in [0, 0.05) is 73.5 Å². The number of likely N-dealkylation sites (N-methyl/N-ethyl adjacent to an activating group) is 1. The first kappa shape index (κ1) is 28.5. The van der Waals surface area contributed by atoms with Crippen molar-refractivity contribution >= 4 is 17.6 Å². The lowest BCUT2D eigenvalue weighted by Crippen LogP contribution is -2.45. The maximum absolute atomic E-state index is 13.9. The molecule has 3 aliphatic heterocycles. The summed E-state index contributed by atoms with van der Waals surface area (Å²) in [6.45, 7) is 10.6. The zero-order valence-electron chi connectivity index (χ0n) is 23.5. The van der Waals surface area contributed by atoms with Crippen molar-refractivity contribution < 1.29 is 23.5 Å². The molecule has 0 radical (unpaired) electrons. The quantitative estimate of drug-likeness (QED) is 0.461. The van der Waals surface area contributed by atoms with Gasteiger partial charge < -0.3 is 25.4 Å². The normalized spacial score (nSPS) is 18.3. The molecule has 41 heavy (non-hydrogen) atoms. The van der Waals surface area contributed by atoms with Crippen LogP contribution < -0.4 is 20.5 Å². The lowest BCUT2D eigenvalue weighted by atomic mass is 10.0. The SMILES string of the molecule is CC1COc2ccc(Oc3ccnc4c3CCC(=O)N4)cc21.CCN1CCN(Cc2ccc(C(N)=O)cc2F)CC1. The van der Waals surface area contributed by atoms with Crippen molar-refractivity contribution in [1.82, 2.24) is 14.8 Å². The van der Waals surface area contributed by atoms with E-state index in [2.05, 4.69) is 33.9 Å². The summed E-state index contributed by atoms with van der Waals surface area (Å²) in [5.41, 5.74) is 8.09. The summed E-state index contributed by atoms with van der Waals surface area (Å²) in [7, 11) is 0. The first-order valence-corrected chi connectivity index (χ1v) is 14.1. The lowest BCUT2D eigenvalue weighted by Gasteiger charge is -2.34. The predicted molar refractivity (Wildman–Crippen MR) is 154 cm³/mol. The smallest absolute Gasteiger partial charge is 0.248 e. The molecule has 3 aliphatic rings. The first-order valence-electron chi connectivity index (χ1n) is 14.1. The van der Waals surface area contributed by atoms with Gasteiger partial charge in [0.05, 0.1) is 6.61 Å². The predicted octanol–water partition coefficient (Wildman–Crippen LogP) is 4.32. The van der Waals surface area contributed by atoms with E-state index in [9.17, 15) is 14.0 Å². The molecule has 10 heteroatoms. The Morgan fingerprint density at radius 1 is 1.12 bits per heavy atom. The molecule has 2 aromatic carbocycles. The zero-order valence-corrected chi connectivity index (χ0v) is 23.5. The number of primary amides is 1. The van der Waals surface area contributed by atoms with Crippen LogP contribution in [0.3, 0.4) is 0 Å². The topological polar surface area (TPSA) is 110 Å². The zero-order chi connectivity index (χ0) is 28.9. The van der Waals surface area contributed by atoms with Crippen molar-refractivity contribution in [2.24, 2.45) is 5.73 Å². The van der Waals surface area contributed by atoms with Gasteiger partial charge in [-0.2, -0.15) is 0 Å². The van der Waals surface area contributed by atoms with Crippen molar-refractivity contribution in [2.75, 3.05) is 44.6 Å². The Hall–Kier alpha value is -4.02. The van der Waals surface area contributed by atoms with E-state index in [4.69, 9.17) is 15.2 Å². The molecule has 1 atom stereocenters. The average Bonchev–Trinajstić information content (AvgIpc) is 3.34. The number of hydrogen-bond donors (Lipinski definition) is 2. The number of anilines is 1. The second kappa shape index (κ2) is 12.7. The molecule has 0 bridgehead atoms. The molecule has 4 heterocycles. The molecule has 3 aromatic rings. The molecule has 1 fully saturated rings. The fraction of sp³-hybridized carbons (Fsp3) is 0.387. The number of hydrogen-bond acceptors (Lipinski definition) is 7. The lowest BCUT2D eigenvalue weighted by molar-refractivity contribution is -0.116. The van der Waals surface area contributed by atoms with Gasteiger partial charge in [-0.25, -0.2) is 9.37 Å². The Balaban J connectivity index is 0.000000167. The molecule has 1 saturated heterocycles. The van der Waals surface area contributed by atoms with E-state index in [1.807, 2.05) is 24.3 Å². The largest absolute Gasteiger partial charge is 0.493 e. The van der Waals surface area contributed by atoms with Crippen LogP contribution in [-0.2, 0) is 17.8 Å². The third kappa shape index (κ3) is 6.83. The maximum atomic E-state index is 13.9. The number of carbonyl (C=O) groups excluding carboxylic acids is 2. The number of pyridine rings is 1. The minimum absolute atomic E-state index is 0.000606. The van der Waals surface area contributed by atoms with Crippen molar-refractivity contribution in [3.8, 4) is 17.2 Å². The van der Waals surface area contributed by atoms with Gasteiger partial charge in [0.15, 0.2) is 0 Å². The number of nitrogens with one attached hydrogen (secondary N) is 1. The van der Waals surface area contributed by atoms with Crippen molar-refractivity contribution in [2.45, 2.75) is 39.2 Å². The van der Waals surface area contributed by atoms with Crippen molar-refractivity contribution in [3.63, 3.8) is 0 Å². The number of carbonyl (C=O) groups is 2. The van der Waals surface area contributed by atoms with E-state index in [0.717, 1.165) is 62.1 Å². The van der Waals surface area contributed by atoms with Gasteiger partial charge in [0.2, 0.25) is 11.8 Å². The number of nitrogens with zero attached hydrogens (tertiary/aromatic N) is 3. The van der Waals surface area contributed by atoms with Gasteiger partial charge in [-0.3, -0.25) is 14.5 Å². The van der Waals surface area contributed by atoms with Crippen LogP contribution >= 0.6 is 0 Å². The number of rotatable bonds is 6. The molecule has 216 valence electrons. The van der Waals surface area contributed by atoms with Crippen molar-refractivity contribution in [1.29, 1.82) is 0 Å². The number of halogens is 1.